The molecular formula is C46H45N5O11S. The Bertz CT molecular complexity index is 2680. The topological polar surface area (TPSA) is 183 Å². The summed E-state index contributed by atoms with van der Waals surface area (Å²) in [5.41, 5.74) is 5.45. The van der Waals surface area contributed by atoms with Gasteiger partial charge in [-0.05, 0) is 56.5 Å². The molecule has 326 valence electrons. The Labute approximate surface area is 366 Å². The van der Waals surface area contributed by atoms with Crippen molar-refractivity contribution in [2.45, 2.75) is 67.7 Å². The summed E-state index contributed by atoms with van der Waals surface area (Å²) in [7, 11) is 3.48. The number of thioether (sulfide) groups is 1. The number of likely N-dealkylation sites (N-methyl/N-ethyl adjacent to an activating group) is 1. The lowest BCUT2D eigenvalue weighted by atomic mass is 9.71. The fourth-order valence-electron chi connectivity index (χ4n) is 11.1. The van der Waals surface area contributed by atoms with Gasteiger partial charge in [0.1, 0.15) is 23.9 Å². The number of nitrogens with zero attached hydrogens (tertiary/aromatic N) is 3. The van der Waals surface area contributed by atoms with E-state index < -0.39 is 47.3 Å². The highest BCUT2D eigenvalue weighted by molar-refractivity contribution is 7.99. The van der Waals surface area contributed by atoms with E-state index in [2.05, 4.69) is 45.4 Å². The SMILES string of the molecule is C=COC(=O)Oc1c(C)c2c(c3c1[C@H]1SC[C@]4(NCCc5c4[nH]c4ccccc54)C(=O)COC[C@H]3N3C1[C@H]1c4c(cc(C)c(OC)c4OC(=O)OC=C)C[C@@H]([C@@H]3C#N)N1C)OCO2. The molecule has 4 bridgehead atoms. The molecule has 8 heterocycles. The number of H-pyrrole nitrogens is 1. The molecule has 1 unspecified atom stereocenters. The molecule has 11 rings (SSSR count). The first-order chi connectivity index (χ1) is 30.6. The molecule has 17 heteroatoms. The lowest BCUT2D eigenvalue weighted by molar-refractivity contribution is -0.132. The molecule has 1 aromatic heterocycles. The maximum atomic E-state index is 15.0. The molecule has 2 fully saturated rings. The van der Waals surface area contributed by atoms with Crippen LogP contribution in [0.25, 0.3) is 10.9 Å². The van der Waals surface area contributed by atoms with Gasteiger partial charge >= 0.3 is 12.3 Å². The predicted molar refractivity (Wildman–Crippen MR) is 228 cm³/mol. The minimum Gasteiger partial charge on any atom is -0.493 e. The summed E-state index contributed by atoms with van der Waals surface area (Å²) in [4.78, 5) is 49.7. The van der Waals surface area contributed by atoms with E-state index in [9.17, 15) is 14.9 Å². The lowest BCUT2D eigenvalue weighted by Gasteiger charge is -2.61. The summed E-state index contributed by atoms with van der Waals surface area (Å²) < 4.78 is 47.5. The number of carbonyl (C=O) groups is 3. The number of para-hydroxylation sites is 1. The van der Waals surface area contributed by atoms with Crippen molar-refractivity contribution in [3.8, 4) is 34.8 Å². The Kier molecular flexibility index (Phi) is 10.2. The maximum absolute atomic E-state index is 15.0. The Morgan fingerprint density at radius 2 is 1.78 bits per heavy atom. The highest BCUT2D eigenvalue weighted by Crippen LogP contribution is 2.64. The third kappa shape index (κ3) is 6.06. The molecule has 0 amide bonds. The zero-order chi connectivity index (χ0) is 43.9. The van der Waals surface area contributed by atoms with Gasteiger partial charge in [-0.1, -0.05) is 37.4 Å². The third-order valence-electron chi connectivity index (χ3n) is 13.5. The van der Waals surface area contributed by atoms with Crippen molar-refractivity contribution in [1.82, 2.24) is 20.1 Å². The molecule has 16 nitrogen and oxygen atoms in total. The largest absolute Gasteiger partial charge is 0.518 e. The molecule has 7 aliphatic heterocycles. The fraction of sp³-hybridized carbons (Fsp3) is 0.391. The number of aryl methyl sites for hydroxylation is 1. The van der Waals surface area contributed by atoms with Crippen LogP contribution < -0.4 is 29.0 Å². The summed E-state index contributed by atoms with van der Waals surface area (Å²) in [6.07, 6.45) is 1.09. The minimum atomic E-state index is -1.25. The summed E-state index contributed by atoms with van der Waals surface area (Å²) in [5, 5.41) is 15.4. The van der Waals surface area contributed by atoms with Crippen molar-refractivity contribution in [3.63, 3.8) is 0 Å². The first kappa shape index (κ1) is 41.0. The standard InChI is InChI=1S/C46H45N5O11S/c1-7-57-44(53)61-38-23(4)39-40(60-21-59-39)33-30-18-56-19-31(52)46(43-26(13-14-48-46)25-11-9-10-12-27(25)49-43)20-63-42(34(33)38)36-35-32-24(16-28(50(35)5)29(17-47)51(30)36)15-22(3)37(55-6)41(32)62-45(54)58-8-2/h7-12,15,28-30,35-36,42,48-49H,1-2,13-14,16,18-21H2,3-6H3/t28-,29-,30+,35+,36?,42+,46-/m0/s1. The van der Waals surface area contributed by atoms with Gasteiger partial charge in [0.2, 0.25) is 6.79 Å². The number of Topliss-reactive ketones (excluding diaryl/α,β-unsaturated/α-hetero) is 1. The molecule has 1 spiro atoms. The zero-order valence-corrected chi connectivity index (χ0v) is 35.9. The monoisotopic (exact) mass is 875 g/mol. The number of piperazine rings is 1. The zero-order valence-electron chi connectivity index (χ0n) is 35.1. The predicted octanol–water partition coefficient (Wildman–Crippen LogP) is 6.48. The van der Waals surface area contributed by atoms with Gasteiger partial charge < -0.3 is 42.9 Å². The number of ketones is 1. The molecule has 0 saturated carbocycles. The van der Waals surface area contributed by atoms with E-state index in [0.29, 0.717) is 58.9 Å². The molecule has 2 saturated heterocycles. The number of nitriles is 1. The van der Waals surface area contributed by atoms with Crippen LogP contribution >= 0.6 is 11.8 Å². The number of benzene rings is 3. The van der Waals surface area contributed by atoms with Crippen LogP contribution in [0.3, 0.4) is 0 Å². The van der Waals surface area contributed by atoms with Crippen LogP contribution in [-0.2, 0) is 37.4 Å². The van der Waals surface area contributed by atoms with E-state index in [1.54, 1.807) is 6.92 Å². The molecule has 7 aliphatic rings. The van der Waals surface area contributed by atoms with E-state index in [0.717, 1.165) is 45.8 Å². The van der Waals surface area contributed by atoms with Crippen molar-refractivity contribution in [2.75, 3.05) is 46.5 Å². The van der Waals surface area contributed by atoms with E-state index in [-0.39, 0.29) is 49.1 Å². The van der Waals surface area contributed by atoms with Gasteiger partial charge in [-0.3, -0.25) is 19.9 Å². The smallest absolute Gasteiger partial charge is 0.493 e. The average molecular weight is 876 g/mol. The van der Waals surface area contributed by atoms with Gasteiger partial charge in [-0.25, -0.2) is 9.59 Å². The Balaban J connectivity index is 1.26. The van der Waals surface area contributed by atoms with Gasteiger partial charge in [0.25, 0.3) is 0 Å². The number of hydrogen-bond donors (Lipinski definition) is 2. The Morgan fingerprint density at radius 1 is 1.03 bits per heavy atom. The minimum absolute atomic E-state index is 0.0574. The van der Waals surface area contributed by atoms with Crippen molar-refractivity contribution in [2.24, 2.45) is 0 Å². The Morgan fingerprint density at radius 3 is 2.52 bits per heavy atom. The van der Waals surface area contributed by atoms with Crippen LogP contribution in [-0.4, -0.2) is 97.5 Å². The number of aromatic amines is 1. The number of rotatable bonds is 5. The number of hydrogen-bond acceptors (Lipinski definition) is 16. The highest BCUT2D eigenvalue weighted by Gasteiger charge is 2.61. The second-order valence-electron chi connectivity index (χ2n) is 16.4. The lowest BCUT2D eigenvalue weighted by Crippen LogP contribution is -2.69. The summed E-state index contributed by atoms with van der Waals surface area (Å²) in [6, 6.07) is 9.62. The average Bonchev–Trinajstić information content (AvgIpc) is 3.91. The molecule has 7 atom stereocenters. The molecule has 2 N–H and O–H groups in total. The van der Waals surface area contributed by atoms with Gasteiger partial charge in [0, 0.05) is 63.2 Å². The second-order valence-corrected chi connectivity index (χ2v) is 17.6. The van der Waals surface area contributed by atoms with E-state index >= 15 is 4.79 Å². The maximum Gasteiger partial charge on any atom is 0.518 e. The van der Waals surface area contributed by atoms with Gasteiger partial charge in [0.15, 0.2) is 28.8 Å². The molecular weight excluding hydrogens is 831 g/mol. The van der Waals surface area contributed by atoms with Crippen LogP contribution in [0.2, 0.25) is 0 Å². The van der Waals surface area contributed by atoms with Gasteiger partial charge in [-0.2, -0.15) is 5.26 Å². The first-order valence-corrected chi connectivity index (χ1v) is 21.7. The van der Waals surface area contributed by atoms with Crippen molar-refractivity contribution < 1.29 is 52.3 Å². The number of aromatic nitrogens is 1. The highest BCUT2D eigenvalue weighted by atomic mass is 32.2. The van der Waals surface area contributed by atoms with Crippen LogP contribution in [0.5, 0.6) is 28.7 Å². The molecule has 4 aromatic rings. The van der Waals surface area contributed by atoms with E-state index in [1.807, 2.05) is 38.2 Å². The van der Waals surface area contributed by atoms with E-state index in [1.165, 1.54) is 18.9 Å². The molecule has 0 radical (unpaired) electrons. The Hall–Kier alpha value is -6.03. The van der Waals surface area contributed by atoms with Crippen molar-refractivity contribution in [3.05, 3.63) is 101 Å². The third-order valence-corrected chi connectivity index (χ3v) is 15.0. The van der Waals surface area contributed by atoms with Crippen LogP contribution in [0.15, 0.2) is 56.0 Å². The van der Waals surface area contributed by atoms with Gasteiger partial charge in [0.05, 0.1) is 49.6 Å². The van der Waals surface area contributed by atoms with Gasteiger partial charge in [-0.15, -0.1) is 11.8 Å². The van der Waals surface area contributed by atoms with Crippen LogP contribution in [0.1, 0.15) is 62.0 Å². The summed E-state index contributed by atoms with van der Waals surface area (Å²) >= 11 is 1.50. The number of methoxy groups -OCH3 is 1. The van der Waals surface area contributed by atoms with Crippen molar-refractivity contribution >= 4 is 40.8 Å². The molecule has 3 aromatic carbocycles. The fourth-order valence-corrected chi connectivity index (χ4v) is 12.8. The number of nitrogens with one attached hydrogen (secondary N) is 2. The number of fused-ring (bicyclic) bond motifs is 12. The van der Waals surface area contributed by atoms with Crippen LogP contribution in [0, 0.1) is 25.2 Å². The molecule has 63 heavy (non-hydrogen) atoms. The summed E-state index contributed by atoms with van der Waals surface area (Å²) in [5.74, 6) is 1.55. The quantitative estimate of drug-likeness (QED) is 0.126. The van der Waals surface area contributed by atoms with E-state index in [4.69, 9.17) is 37.9 Å². The second kappa shape index (κ2) is 15.6. The number of carbonyl (C=O) groups excluding carboxylic acids is 3. The number of ether oxygens (including phenoxy) is 8. The van der Waals surface area contributed by atoms with Crippen molar-refractivity contribution in [1.29, 1.82) is 5.26 Å². The van der Waals surface area contributed by atoms with Crippen LogP contribution in [0.4, 0.5) is 9.59 Å². The normalized spacial score (nSPS) is 26.9. The summed E-state index contributed by atoms with van der Waals surface area (Å²) in [6.45, 7) is 10.9. The first-order valence-electron chi connectivity index (χ1n) is 20.7. The molecule has 0 aliphatic carbocycles.